The van der Waals surface area contributed by atoms with Crippen LogP contribution in [0.25, 0.3) is 6.08 Å². The van der Waals surface area contributed by atoms with E-state index in [1.807, 2.05) is 31.2 Å². The largest absolute Gasteiger partial charge is 0.490 e. The summed E-state index contributed by atoms with van der Waals surface area (Å²) in [6.07, 6.45) is 1.61. The van der Waals surface area contributed by atoms with Crippen LogP contribution in [0.15, 0.2) is 70.0 Å². The number of ether oxygens (including phenoxy) is 2. The fourth-order valence-corrected chi connectivity index (χ4v) is 5.58. The second-order valence-electron chi connectivity index (χ2n) is 7.97. The van der Waals surface area contributed by atoms with Gasteiger partial charge in [0.15, 0.2) is 11.5 Å². The van der Waals surface area contributed by atoms with E-state index >= 15 is 0 Å². The van der Waals surface area contributed by atoms with Gasteiger partial charge >= 0.3 is 0 Å². The van der Waals surface area contributed by atoms with Crippen LogP contribution in [0.2, 0.25) is 5.02 Å². The lowest BCUT2D eigenvalue weighted by molar-refractivity contribution is -0.127. The summed E-state index contributed by atoms with van der Waals surface area (Å²) in [5.74, 6) is 0.0649. The van der Waals surface area contributed by atoms with Crippen molar-refractivity contribution in [3.8, 4) is 11.5 Å². The molecule has 0 atom stereocenters. The third kappa shape index (κ3) is 7.10. The van der Waals surface area contributed by atoms with Crippen LogP contribution in [0.5, 0.6) is 11.5 Å². The van der Waals surface area contributed by atoms with Gasteiger partial charge in [-0.2, -0.15) is 0 Å². The van der Waals surface area contributed by atoms with Crippen molar-refractivity contribution in [1.29, 1.82) is 0 Å². The Hall–Kier alpha value is -2.54. The van der Waals surface area contributed by atoms with Crippen molar-refractivity contribution < 1.29 is 23.9 Å². The molecule has 1 fully saturated rings. The highest BCUT2D eigenvalue weighted by atomic mass is 127. The number of anilines is 1. The maximum absolute atomic E-state index is 13.0. The lowest BCUT2D eigenvalue weighted by Gasteiger charge is -2.15. The van der Waals surface area contributed by atoms with E-state index < -0.39 is 17.1 Å². The molecule has 0 bridgehead atoms. The maximum atomic E-state index is 13.0. The number of nitrogens with zero attached hydrogens (tertiary/aromatic N) is 1. The number of carbonyl (C=O) groups is 3. The predicted molar refractivity (Wildman–Crippen MR) is 162 cm³/mol. The van der Waals surface area contributed by atoms with Gasteiger partial charge in [-0.25, -0.2) is 0 Å². The smallest absolute Gasteiger partial charge is 0.294 e. The molecule has 0 spiro atoms. The molecule has 0 saturated carbocycles. The highest BCUT2D eigenvalue weighted by molar-refractivity contribution is 14.1. The Balaban J connectivity index is 1.49. The molecular formula is C27H21BrClIN2O5S. The molecule has 3 amide bonds. The summed E-state index contributed by atoms with van der Waals surface area (Å²) in [6, 6.07) is 18.0. The first kappa shape index (κ1) is 28.5. The second-order valence-corrected chi connectivity index (χ2v) is 11.4. The molecule has 1 heterocycles. The molecule has 1 N–H and O–H groups in total. The van der Waals surface area contributed by atoms with Gasteiger partial charge in [-0.3, -0.25) is 19.3 Å². The Labute approximate surface area is 251 Å². The summed E-state index contributed by atoms with van der Waals surface area (Å²) >= 11 is 12.5. The van der Waals surface area contributed by atoms with E-state index in [0.717, 1.165) is 30.3 Å². The molecule has 196 valence electrons. The summed E-state index contributed by atoms with van der Waals surface area (Å²) in [6.45, 7) is 2.15. The van der Waals surface area contributed by atoms with Gasteiger partial charge in [0.2, 0.25) is 5.91 Å². The van der Waals surface area contributed by atoms with Crippen LogP contribution in [0.4, 0.5) is 10.5 Å². The molecule has 38 heavy (non-hydrogen) atoms. The maximum Gasteiger partial charge on any atom is 0.294 e. The predicted octanol–water partition coefficient (Wildman–Crippen LogP) is 7.36. The van der Waals surface area contributed by atoms with Crippen molar-refractivity contribution in [2.75, 3.05) is 18.5 Å². The second kappa shape index (κ2) is 13.0. The Morgan fingerprint density at radius 1 is 1.13 bits per heavy atom. The van der Waals surface area contributed by atoms with Crippen LogP contribution >= 0.6 is 61.9 Å². The summed E-state index contributed by atoms with van der Waals surface area (Å²) in [4.78, 5) is 39.1. The summed E-state index contributed by atoms with van der Waals surface area (Å²) in [7, 11) is 0. The molecule has 0 radical (unpaired) electrons. The fourth-order valence-electron chi connectivity index (χ4n) is 3.50. The number of benzene rings is 3. The third-order valence-electron chi connectivity index (χ3n) is 5.26. The summed E-state index contributed by atoms with van der Waals surface area (Å²) in [5.41, 5.74) is 2.07. The van der Waals surface area contributed by atoms with Crippen LogP contribution in [0, 0.1) is 3.57 Å². The number of amides is 3. The lowest BCUT2D eigenvalue weighted by atomic mass is 10.1. The van der Waals surface area contributed by atoms with E-state index in [4.69, 9.17) is 21.1 Å². The Kier molecular flexibility index (Phi) is 9.74. The van der Waals surface area contributed by atoms with Crippen molar-refractivity contribution in [2.45, 2.75) is 13.5 Å². The highest BCUT2D eigenvalue weighted by Gasteiger charge is 2.36. The number of rotatable bonds is 9. The average Bonchev–Trinajstić information content (AvgIpc) is 3.13. The summed E-state index contributed by atoms with van der Waals surface area (Å²) < 4.78 is 13.5. The number of nitrogens with one attached hydrogen (secondary N) is 1. The van der Waals surface area contributed by atoms with Crippen LogP contribution < -0.4 is 14.8 Å². The van der Waals surface area contributed by atoms with Gasteiger partial charge in [0.25, 0.3) is 11.1 Å². The van der Waals surface area contributed by atoms with E-state index in [1.165, 1.54) is 0 Å². The topological polar surface area (TPSA) is 84.9 Å². The molecule has 0 aromatic heterocycles. The normalized spacial score (nSPS) is 14.2. The monoisotopic (exact) mass is 726 g/mol. The van der Waals surface area contributed by atoms with E-state index in [9.17, 15) is 14.4 Å². The van der Waals surface area contributed by atoms with Crippen molar-refractivity contribution in [3.05, 3.63) is 89.8 Å². The van der Waals surface area contributed by atoms with Crippen molar-refractivity contribution >= 4 is 90.7 Å². The fraction of sp³-hybridized carbons (Fsp3) is 0.148. The van der Waals surface area contributed by atoms with E-state index in [-0.39, 0.29) is 18.1 Å². The molecule has 3 aromatic rings. The van der Waals surface area contributed by atoms with Gasteiger partial charge in [0.1, 0.15) is 13.2 Å². The molecule has 3 aromatic carbocycles. The average molecular weight is 728 g/mol. The van der Waals surface area contributed by atoms with Gasteiger partial charge in [0, 0.05) is 20.7 Å². The highest BCUT2D eigenvalue weighted by Crippen LogP contribution is 2.38. The Bertz CT molecular complexity index is 1420. The Morgan fingerprint density at radius 3 is 2.58 bits per heavy atom. The number of hydrogen-bond donors (Lipinski definition) is 1. The van der Waals surface area contributed by atoms with Crippen LogP contribution in [-0.4, -0.2) is 35.1 Å². The van der Waals surface area contributed by atoms with E-state index in [1.54, 1.807) is 42.5 Å². The number of imide groups is 1. The molecule has 0 unspecified atom stereocenters. The molecule has 1 aliphatic rings. The Morgan fingerprint density at radius 2 is 1.87 bits per heavy atom. The van der Waals surface area contributed by atoms with Crippen molar-refractivity contribution in [3.63, 3.8) is 0 Å². The number of thioether (sulfide) groups is 1. The van der Waals surface area contributed by atoms with Crippen molar-refractivity contribution in [2.24, 2.45) is 0 Å². The minimum absolute atomic E-state index is 0.217. The molecule has 7 nitrogen and oxygen atoms in total. The zero-order valence-corrected chi connectivity index (χ0v) is 25.3. The van der Waals surface area contributed by atoms with Crippen molar-refractivity contribution in [1.82, 2.24) is 4.90 Å². The zero-order chi connectivity index (χ0) is 27.2. The minimum atomic E-state index is -0.530. The zero-order valence-electron chi connectivity index (χ0n) is 20.0. The first-order valence-corrected chi connectivity index (χ1v) is 14.4. The molecule has 11 heteroatoms. The van der Waals surface area contributed by atoms with Crippen LogP contribution in [0.3, 0.4) is 0 Å². The van der Waals surface area contributed by atoms with Crippen LogP contribution in [-0.2, 0) is 16.2 Å². The minimum Gasteiger partial charge on any atom is -0.490 e. The van der Waals surface area contributed by atoms with Gasteiger partial charge < -0.3 is 14.8 Å². The molecule has 1 saturated heterocycles. The van der Waals surface area contributed by atoms with Gasteiger partial charge in [-0.05, 0) is 95.4 Å². The lowest BCUT2D eigenvalue weighted by Crippen LogP contribution is -2.36. The van der Waals surface area contributed by atoms with Gasteiger partial charge in [0.05, 0.1) is 15.1 Å². The quantitative estimate of drug-likeness (QED) is 0.183. The molecule has 0 aliphatic carbocycles. The molecular weight excluding hydrogens is 707 g/mol. The first-order valence-electron chi connectivity index (χ1n) is 11.4. The van der Waals surface area contributed by atoms with E-state index in [2.05, 4.69) is 43.8 Å². The van der Waals surface area contributed by atoms with Gasteiger partial charge in [-0.15, -0.1) is 0 Å². The van der Waals surface area contributed by atoms with E-state index in [0.29, 0.717) is 34.4 Å². The third-order valence-corrected chi connectivity index (χ3v) is 7.87. The van der Waals surface area contributed by atoms with Crippen LogP contribution in [0.1, 0.15) is 18.1 Å². The first-order chi connectivity index (χ1) is 18.2. The number of halogens is 3. The number of carbonyl (C=O) groups excluding carboxylic acids is 3. The van der Waals surface area contributed by atoms with Gasteiger partial charge in [-0.1, -0.05) is 45.7 Å². The summed E-state index contributed by atoms with van der Waals surface area (Å²) in [5, 5.41) is 2.79. The SMILES string of the molecule is CCOc1cc(/C=C2/SC(=O)N(CC(=O)Nc3ccc(Br)cc3)C2=O)cc(I)c1OCc1ccccc1Cl. The molecule has 4 rings (SSSR count). The standard InChI is InChI=1S/C27H21BrClIN2O5S/c1-2-36-22-12-16(11-21(30)25(22)37-15-17-5-3-4-6-20(17)29)13-23-26(34)32(27(35)38-23)14-24(33)31-19-9-7-18(28)8-10-19/h3-13H,2,14-15H2,1H3,(H,31,33)/b23-13+. The molecule has 1 aliphatic heterocycles. The number of hydrogen-bond acceptors (Lipinski definition) is 6.